The third-order valence-electron chi connectivity index (χ3n) is 3.09. The van der Waals surface area contributed by atoms with Gasteiger partial charge in [0.2, 0.25) is 0 Å². The first-order chi connectivity index (χ1) is 9.60. The molecule has 4 nitrogen and oxygen atoms in total. The van der Waals surface area contributed by atoms with Crippen LogP contribution in [0.2, 0.25) is 5.02 Å². The summed E-state index contributed by atoms with van der Waals surface area (Å²) in [5.41, 5.74) is 1.08. The molecule has 0 spiro atoms. The van der Waals surface area contributed by atoms with Crippen LogP contribution in [0, 0.1) is 0 Å². The summed E-state index contributed by atoms with van der Waals surface area (Å²) in [6, 6.07) is 5.77. The van der Waals surface area contributed by atoms with Gasteiger partial charge < -0.3 is 15.4 Å². The van der Waals surface area contributed by atoms with Crippen molar-refractivity contribution in [3.63, 3.8) is 0 Å². The highest BCUT2D eigenvalue weighted by Gasteiger charge is 2.10. The van der Waals surface area contributed by atoms with Gasteiger partial charge in [0.1, 0.15) is 5.75 Å². The lowest BCUT2D eigenvalue weighted by Gasteiger charge is -2.15. The summed E-state index contributed by atoms with van der Waals surface area (Å²) in [7, 11) is 1.88. The van der Waals surface area contributed by atoms with Crippen molar-refractivity contribution < 1.29 is 9.53 Å². The summed E-state index contributed by atoms with van der Waals surface area (Å²) in [4.78, 5) is 11.7. The Kier molecular flexibility index (Phi) is 7.41. The SMILES string of the molecule is CCC(CC)NC(=O)COc1ccc(CNC)cc1Cl. The van der Waals surface area contributed by atoms with Crippen LogP contribution in [0.25, 0.3) is 0 Å². The molecule has 0 saturated carbocycles. The van der Waals surface area contributed by atoms with E-state index in [4.69, 9.17) is 16.3 Å². The second kappa shape index (κ2) is 8.82. The average Bonchev–Trinajstić information content (AvgIpc) is 2.44. The zero-order valence-corrected chi connectivity index (χ0v) is 13.1. The maximum atomic E-state index is 11.7. The number of hydrogen-bond donors (Lipinski definition) is 2. The highest BCUT2D eigenvalue weighted by Crippen LogP contribution is 2.25. The Morgan fingerprint density at radius 1 is 1.35 bits per heavy atom. The van der Waals surface area contributed by atoms with Crippen LogP contribution in [-0.2, 0) is 11.3 Å². The van der Waals surface area contributed by atoms with Gasteiger partial charge in [-0.2, -0.15) is 0 Å². The molecule has 0 bridgehead atoms. The lowest BCUT2D eigenvalue weighted by Crippen LogP contribution is -2.37. The van der Waals surface area contributed by atoms with Crippen LogP contribution in [0.4, 0.5) is 0 Å². The summed E-state index contributed by atoms with van der Waals surface area (Å²) in [5, 5.41) is 6.49. The topological polar surface area (TPSA) is 50.4 Å². The van der Waals surface area contributed by atoms with Gasteiger partial charge in [0.15, 0.2) is 6.61 Å². The number of carbonyl (C=O) groups is 1. The monoisotopic (exact) mass is 298 g/mol. The summed E-state index contributed by atoms with van der Waals surface area (Å²) in [5.74, 6) is 0.417. The van der Waals surface area contributed by atoms with Crippen molar-refractivity contribution in [3.05, 3.63) is 28.8 Å². The molecule has 1 aromatic rings. The predicted molar refractivity (Wildman–Crippen MR) is 82.2 cm³/mol. The van der Waals surface area contributed by atoms with Gasteiger partial charge >= 0.3 is 0 Å². The van der Waals surface area contributed by atoms with Gasteiger partial charge in [0, 0.05) is 12.6 Å². The largest absolute Gasteiger partial charge is 0.482 e. The average molecular weight is 299 g/mol. The Hall–Kier alpha value is -1.26. The second-order valence-corrected chi connectivity index (χ2v) is 5.07. The molecule has 2 N–H and O–H groups in total. The highest BCUT2D eigenvalue weighted by atomic mass is 35.5. The van der Waals surface area contributed by atoms with Gasteiger partial charge in [-0.05, 0) is 37.6 Å². The molecule has 0 saturated heterocycles. The number of carbonyl (C=O) groups excluding carboxylic acids is 1. The van der Waals surface area contributed by atoms with Gasteiger partial charge in [-0.1, -0.05) is 31.5 Å². The minimum Gasteiger partial charge on any atom is -0.482 e. The van der Waals surface area contributed by atoms with Gasteiger partial charge in [0.05, 0.1) is 5.02 Å². The molecule has 0 atom stereocenters. The number of rotatable bonds is 8. The second-order valence-electron chi connectivity index (χ2n) is 4.66. The molecule has 0 radical (unpaired) electrons. The van der Waals surface area contributed by atoms with E-state index in [0.717, 1.165) is 24.9 Å². The van der Waals surface area contributed by atoms with E-state index in [2.05, 4.69) is 10.6 Å². The molecule has 1 aromatic carbocycles. The van der Waals surface area contributed by atoms with Crippen molar-refractivity contribution in [2.24, 2.45) is 0 Å². The standard InChI is InChI=1S/C15H23ClN2O2/c1-4-12(5-2)18-15(19)10-20-14-7-6-11(9-17-3)8-13(14)16/h6-8,12,17H,4-5,9-10H2,1-3H3,(H,18,19). The van der Waals surface area contributed by atoms with Crippen molar-refractivity contribution in [2.45, 2.75) is 39.3 Å². The summed E-state index contributed by atoms with van der Waals surface area (Å²) >= 11 is 6.12. The van der Waals surface area contributed by atoms with Gasteiger partial charge in [-0.25, -0.2) is 0 Å². The number of hydrogen-bond acceptors (Lipinski definition) is 3. The Bertz CT molecular complexity index is 434. The van der Waals surface area contributed by atoms with Crippen molar-refractivity contribution in [2.75, 3.05) is 13.7 Å². The number of amides is 1. The maximum Gasteiger partial charge on any atom is 0.258 e. The van der Waals surface area contributed by atoms with Crippen molar-refractivity contribution in [1.29, 1.82) is 0 Å². The fraction of sp³-hybridized carbons (Fsp3) is 0.533. The number of nitrogens with one attached hydrogen (secondary N) is 2. The molecule has 1 amide bonds. The van der Waals surface area contributed by atoms with Gasteiger partial charge in [-0.15, -0.1) is 0 Å². The molecule has 0 aliphatic heterocycles. The number of ether oxygens (including phenoxy) is 1. The zero-order valence-electron chi connectivity index (χ0n) is 12.3. The van der Waals surface area contributed by atoms with Crippen LogP contribution in [0.1, 0.15) is 32.3 Å². The van der Waals surface area contributed by atoms with Crippen molar-refractivity contribution in [1.82, 2.24) is 10.6 Å². The van der Waals surface area contributed by atoms with Crippen LogP contribution < -0.4 is 15.4 Å². The van der Waals surface area contributed by atoms with E-state index in [0.29, 0.717) is 10.8 Å². The van der Waals surface area contributed by atoms with E-state index in [9.17, 15) is 4.79 Å². The maximum absolute atomic E-state index is 11.7. The quantitative estimate of drug-likeness (QED) is 0.776. The lowest BCUT2D eigenvalue weighted by atomic mass is 10.2. The first-order valence-corrected chi connectivity index (χ1v) is 7.33. The summed E-state index contributed by atoms with van der Waals surface area (Å²) < 4.78 is 5.46. The van der Waals surface area contributed by atoms with Crippen LogP contribution in [0.3, 0.4) is 0 Å². The molecule has 0 aliphatic carbocycles. The summed E-state index contributed by atoms with van der Waals surface area (Å²) in [6.07, 6.45) is 1.84. The summed E-state index contributed by atoms with van der Waals surface area (Å²) in [6.45, 7) is 4.83. The molecule has 0 unspecified atom stereocenters. The molecule has 20 heavy (non-hydrogen) atoms. The van der Waals surface area contributed by atoms with E-state index in [-0.39, 0.29) is 18.6 Å². The van der Waals surface area contributed by atoms with Gasteiger partial charge in [-0.3, -0.25) is 4.79 Å². The van der Waals surface area contributed by atoms with E-state index in [1.54, 1.807) is 6.07 Å². The van der Waals surface area contributed by atoms with E-state index < -0.39 is 0 Å². The molecule has 0 fully saturated rings. The minimum absolute atomic E-state index is 0.0123. The lowest BCUT2D eigenvalue weighted by molar-refractivity contribution is -0.123. The van der Waals surface area contributed by atoms with Crippen LogP contribution in [0.5, 0.6) is 5.75 Å². The Morgan fingerprint density at radius 2 is 2.05 bits per heavy atom. The molecule has 112 valence electrons. The molecule has 0 aromatic heterocycles. The number of halogens is 1. The van der Waals surface area contributed by atoms with Crippen LogP contribution in [-0.4, -0.2) is 25.6 Å². The Morgan fingerprint density at radius 3 is 2.60 bits per heavy atom. The first-order valence-electron chi connectivity index (χ1n) is 6.95. The van der Waals surface area contributed by atoms with Gasteiger partial charge in [0.25, 0.3) is 5.91 Å². The molecule has 5 heteroatoms. The van der Waals surface area contributed by atoms with Crippen LogP contribution >= 0.6 is 11.6 Å². The zero-order chi connectivity index (χ0) is 15.0. The molecule has 0 aliphatic rings. The van der Waals surface area contributed by atoms with Crippen LogP contribution in [0.15, 0.2) is 18.2 Å². The third-order valence-corrected chi connectivity index (χ3v) is 3.38. The fourth-order valence-electron chi connectivity index (χ4n) is 1.88. The predicted octanol–water partition coefficient (Wildman–Crippen LogP) is 2.74. The normalized spacial score (nSPS) is 10.7. The van der Waals surface area contributed by atoms with E-state index in [1.807, 2.05) is 33.0 Å². The smallest absolute Gasteiger partial charge is 0.258 e. The minimum atomic E-state index is -0.117. The van der Waals surface area contributed by atoms with Crippen molar-refractivity contribution >= 4 is 17.5 Å². The fourth-order valence-corrected chi connectivity index (χ4v) is 2.14. The first kappa shape index (κ1) is 16.8. The molecule has 0 heterocycles. The van der Waals surface area contributed by atoms with E-state index in [1.165, 1.54) is 0 Å². The van der Waals surface area contributed by atoms with E-state index >= 15 is 0 Å². The molecule has 1 rings (SSSR count). The third kappa shape index (κ3) is 5.39. The highest BCUT2D eigenvalue weighted by molar-refractivity contribution is 6.32. The Balaban J connectivity index is 2.51. The van der Waals surface area contributed by atoms with Crippen molar-refractivity contribution in [3.8, 4) is 5.75 Å². The molecular formula is C15H23ClN2O2. The Labute approximate surface area is 125 Å². The number of benzene rings is 1. The molecular weight excluding hydrogens is 276 g/mol.